The highest BCUT2D eigenvalue weighted by Crippen LogP contribution is 2.27. The van der Waals surface area contributed by atoms with Gasteiger partial charge in [-0.2, -0.15) is 0 Å². The number of rotatable bonds is 7. The van der Waals surface area contributed by atoms with Crippen LogP contribution in [0.1, 0.15) is 11.5 Å². The zero-order chi connectivity index (χ0) is 22.0. The number of fused-ring (bicyclic) bond motifs is 1. The zero-order valence-electron chi connectivity index (χ0n) is 17.6. The predicted molar refractivity (Wildman–Crippen MR) is 115 cm³/mol. The highest BCUT2D eigenvalue weighted by molar-refractivity contribution is 5.85. The predicted octanol–water partition coefficient (Wildman–Crippen LogP) is 2.30. The van der Waals surface area contributed by atoms with E-state index in [-0.39, 0.29) is 5.82 Å². The summed E-state index contributed by atoms with van der Waals surface area (Å²) in [6.45, 7) is 3.51. The number of likely N-dealkylation sites (N-methyl/N-ethyl adjacent to an activating group) is 1. The summed E-state index contributed by atoms with van der Waals surface area (Å²) >= 11 is 0. The smallest absolute Gasteiger partial charge is 0.166 e. The largest absolute Gasteiger partial charge is 0.491 e. The zero-order valence-corrected chi connectivity index (χ0v) is 17.6. The first kappa shape index (κ1) is 20.6. The minimum atomic E-state index is -0.455. The summed E-state index contributed by atoms with van der Waals surface area (Å²) in [4.78, 5) is 23.8. The number of pyridine rings is 2. The van der Waals surface area contributed by atoms with E-state index in [1.807, 2.05) is 35.7 Å². The van der Waals surface area contributed by atoms with Crippen molar-refractivity contribution in [3.05, 3.63) is 54.1 Å². The standard InChI is InChI=1S/C21H23FN8O/c1-13-26-19(23)18-21(27-13)30(20(28-18)14-8-15(22)10-24-9-14)12-16-4-5-17(11-25-16)31-7-6-29(2)3/h4-5,8-11H,6-7,12H2,1-3H3,(H2,23,26,27). The average molecular weight is 422 g/mol. The number of imidazole rings is 1. The third-order valence-corrected chi connectivity index (χ3v) is 4.62. The summed E-state index contributed by atoms with van der Waals surface area (Å²) in [6.07, 6.45) is 4.37. The molecule has 0 saturated heterocycles. The van der Waals surface area contributed by atoms with Crippen LogP contribution in [0.15, 0.2) is 36.8 Å². The molecule has 160 valence electrons. The van der Waals surface area contributed by atoms with Crippen LogP contribution in [-0.4, -0.2) is 61.6 Å². The van der Waals surface area contributed by atoms with Gasteiger partial charge >= 0.3 is 0 Å². The Labute approximate surface area is 178 Å². The number of aromatic nitrogens is 6. The fourth-order valence-corrected chi connectivity index (χ4v) is 3.14. The highest BCUT2D eigenvalue weighted by atomic mass is 19.1. The van der Waals surface area contributed by atoms with Crippen molar-refractivity contribution < 1.29 is 9.13 Å². The van der Waals surface area contributed by atoms with Gasteiger partial charge in [-0.25, -0.2) is 19.3 Å². The molecular weight excluding hydrogens is 399 g/mol. The van der Waals surface area contributed by atoms with Crippen molar-refractivity contribution in [3.8, 4) is 17.1 Å². The fourth-order valence-electron chi connectivity index (χ4n) is 3.14. The lowest BCUT2D eigenvalue weighted by Crippen LogP contribution is -2.19. The van der Waals surface area contributed by atoms with E-state index in [0.717, 1.165) is 18.4 Å². The molecule has 0 aliphatic heterocycles. The minimum absolute atomic E-state index is 0.268. The highest BCUT2D eigenvalue weighted by Gasteiger charge is 2.18. The molecule has 4 aromatic heterocycles. The Bertz CT molecular complexity index is 1210. The van der Waals surface area contributed by atoms with Crippen LogP contribution in [-0.2, 0) is 6.54 Å². The Morgan fingerprint density at radius 2 is 1.97 bits per heavy atom. The van der Waals surface area contributed by atoms with Gasteiger partial charge in [-0.05, 0) is 39.2 Å². The molecule has 10 heteroatoms. The Balaban J connectivity index is 1.70. The van der Waals surface area contributed by atoms with Crippen LogP contribution in [0.3, 0.4) is 0 Å². The van der Waals surface area contributed by atoms with E-state index in [1.54, 1.807) is 19.3 Å². The third-order valence-electron chi connectivity index (χ3n) is 4.62. The summed E-state index contributed by atoms with van der Waals surface area (Å²) in [6, 6.07) is 5.12. The van der Waals surface area contributed by atoms with E-state index in [1.165, 1.54) is 6.07 Å². The van der Waals surface area contributed by atoms with Crippen molar-refractivity contribution in [2.75, 3.05) is 33.0 Å². The number of ether oxygens (including phenoxy) is 1. The molecule has 31 heavy (non-hydrogen) atoms. The number of hydrogen-bond donors (Lipinski definition) is 1. The summed E-state index contributed by atoms with van der Waals surface area (Å²) < 4.78 is 21.4. The monoisotopic (exact) mass is 422 g/mol. The number of nitrogens with two attached hydrogens (primary N) is 1. The Hall–Kier alpha value is -3.66. The van der Waals surface area contributed by atoms with Gasteiger partial charge in [0.05, 0.1) is 24.6 Å². The second-order valence-electron chi connectivity index (χ2n) is 7.38. The van der Waals surface area contributed by atoms with Crippen molar-refractivity contribution in [2.24, 2.45) is 0 Å². The van der Waals surface area contributed by atoms with E-state index < -0.39 is 5.82 Å². The lowest BCUT2D eigenvalue weighted by molar-refractivity contribution is 0.260. The molecule has 0 amide bonds. The molecule has 0 fully saturated rings. The molecule has 0 spiro atoms. The third kappa shape index (κ3) is 4.58. The van der Waals surface area contributed by atoms with Crippen LogP contribution in [0.5, 0.6) is 5.75 Å². The fraction of sp³-hybridized carbons (Fsp3) is 0.286. The first-order chi connectivity index (χ1) is 14.9. The molecule has 0 atom stereocenters. The van der Waals surface area contributed by atoms with E-state index in [4.69, 9.17) is 10.5 Å². The summed E-state index contributed by atoms with van der Waals surface area (Å²) in [5.74, 6) is 1.51. The lowest BCUT2D eigenvalue weighted by Gasteiger charge is -2.12. The first-order valence-electron chi connectivity index (χ1n) is 9.74. The molecule has 0 unspecified atom stereocenters. The molecule has 4 rings (SSSR count). The molecule has 0 aromatic carbocycles. The number of halogens is 1. The van der Waals surface area contributed by atoms with Gasteiger partial charge in [-0.3, -0.25) is 9.97 Å². The molecule has 2 N–H and O–H groups in total. The molecule has 0 radical (unpaired) electrons. The summed E-state index contributed by atoms with van der Waals surface area (Å²) in [7, 11) is 3.98. The number of anilines is 1. The maximum Gasteiger partial charge on any atom is 0.166 e. The normalized spacial score (nSPS) is 11.4. The van der Waals surface area contributed by atoms with Gasteiger partial charge in [0.2, 0.25) is 0 Å². The van der Waals surface area contributed by atoms with E-state index in [0.29, 0.717) is 47.3 Å². The van der Waals surface area contributed by atoms with Gasteiger partial charge in [0, 0.05) is 18.3 Å². The van der Waals surface area contributed by atoms with Crippen molar-refractivity contribution in [1.82, 2.24) is 34.4 Å². The van der Waals surface area contributed by atoms with Crippen molar-refractivity contribution >= 4 is 17.0 Å². The Kier molecular flexibility index (Phi) is 5.72. The van der Waals surface area contributed by atoms with Crippen LogP contribution in [0.4, 0.5) is 10.2 Å². The lowest BCUT2D eigenvalue weighted by atomic mass is 10.2. The maximum atomic E-state index is 13.8. The molecule has 0 aliphatic carbocycles. The Morgan fingerprint density at radius 1 is 1.13 bits per heavy atom. The molecule has 0 aliphatic rings. The van der Waals surface area contributed by atoms with Gasteiger partial charge in [0.25, 0.3) is 0 Å². The Morgan fingerprint density at radius 3 is 2.68 bits per heavy atom. The van der Waals surface area contributed by atoms with Gasteiger partial charge in [-0.1, -0.05) is 0 Å². The second kappa shape index (κ2) is 8.60. The first-order valence-corrected chi connectivity index (χ1v) is 9.74. The molecule has 0 bridgehead atoms. The number of nitrogen functional groups attached to an aromatic ring is 1. The van der Waals surface area contributed by atoms with Gasteiger partial charge in [0.15, 0.2) is 17.0 Å². The topological polar surface area (TPSA) is 108 Å². The van der Waals surface area contributed by atoms with Crippen molar-refractivity contribution in [3.63, 3.8) is 0 Å². The van der Waals surface area contributed by atoms with Crippen molar-refractivity contribution in [2.45, 2.75) is 13.5 Å². The number of nitrogens with zero attached hydrogens (tertiary/aromatic N) is 7. The van der Waals surface area contributed by atoms with E-state index in [2.05, 4.69) is 24.9 Å². The molecule has 4 heterocycles. The second-order valence-corrected chi connectivity index (χ2v) is 7.38. The van der Waals surface area contributed by atoms with Gasteiger partial charge in [-0.15, -0.1) is 0 Å². The summed E-state index contributed by atoms with van der Waals surface area (Å²) in [5, 5.41) is 0. The van der Waals surface area contributed by atoms with Crippen LogP contribution in [0.25, 0.3) is 22.6 Å². The van der Waals surface area contributed by atoms with Crippen molar-refractivity contribution in [1.29, 1.82) is 0 Å². The number of aryl methyl sites for hydroxylation is 1. The van der Waals surface area contributed by atoms with Gasteiger partial charge in [0.1, 0.15) is 29.8 Å². The molecule has 4 aromatic rings. The summed E-state index contributed by atoms with van der Waals surface area (Å²) in [5.41, 5.74) is 8.36. The SMILES string of the molecule is Cc1nc(N)c2nc(-c3cncc(F)c3)n(Cc3ccc(OCCN(C)C)cn3)c2n1. The van der Waals surface area contributed by atoms with E-state index in [9.17, 15) is 4.39 Å². The average Bonchev–Trinajstić information content (AvgIpc) is 3.08. The van der Waals surface area contributed by atoms with Crippen LogP contribution in [0, 0.1) is 12.7 Å². The van der Waals surface area contributed by atoms with Crippen LogP contribution < -0.4 is 10.5 Å². The maximum absolute atomic E-state index is 13.8. The van der Waals surface area contributed by atoms with Gasteiger partial charge < -0.3 is 19.9 Å². The minimum Gasteiger partial charge on any atom is -0.491 e. The van der Waals surface area contributed by atoms with E-state index >= 15 is 0 Å². The molecule has 0 saturated carbocycles. The number of hydrogen-bond acceptors (Lipinski definition) is 8. The molecule has 9 nitrogen and oxygen atoms in total. The quantitative estimate of drug-likeness (QED) is 0.483. The molecular formula is C21H23FN8O. The van der Waals surface area contributed by atoms with Crippen LogP contribution >= 0.6 is 0 Å². The van der Waals surface area contributed by atoms with Crippen LogP contribution in [0.2, 0.25) is 0 Å².